The number of rotatable bonds is 2. The summed E-state index contributed by atoms with van der Waals surface area (Å²) in [6, 6.07) is 4.52. The molecule has 0 bridgehead atoms. The van der Waals surface area contributed by atoms with Crippen LogP contribution in [0.15, 0.2) is 23.4 Å². The van der Waals surface area contributed by atoms with Crippen LogP contribution in [0.1, 0.15) is 30.7 Å². The molecular formula is C12H11ClN2O3. The third kappa shape index (κ3) is 2.56. The second-order valence-electron chi connectivity index (χ2n) is 4.15. The summed E-state index contributed by atoms with van der Waals surface area (Å²) < 4.78 is 0. The molecule has 2 amide bonds. The Morgan fingerprint density at radius 3 is 2.83 bits per heavy atom. The molecule has 1 atom stereocenters. The van der Waals surface area contributed by atoms with Gasteiger partial charge in [-0.05, 0) is 41.8 Å². The van der Waals surface area contributed by atoms with Gasteiger partial charge in [0.25, 0.3) is 0 Å². The largest absolute Gasteiger partial charge is 0.296 e. The summed E-state index contributed by atoms with van der Waals surface area (Å²) in [7, 11) is 0. The molecular weight excluding hydrogens is 256 g/mol. The maximum Gasteiger partial charge on any atom is 0.234 e. The number of imide groups is 1. The van der Waals surface area contributed by atoms with Crippen LogP contribution in [0.4, 0.5) is 5.69 Å². The van der Waals surface area contributed by atoms with Crippen molar-refractivity contribution in [3.63, 3.8) is 0 Å². The lowest BCUT2D eigenvalue weighted by Gasteiger charge is -2.14. The van der Waals surface area contributed by atoms with Gasteiger partial charge < -0.3 is 0 Å². The summed E-state index contributed by atoms with van der Waals surface area (Å²) in [5.41, 5.74) is 0.763. The second kappa shape index (κ2) is 5.27. The smallest absolute Gasteiger partial charge is 0.234 e. The first kappa shape index (κ1) is 12.7. The third-order valence-corrected chi connectivity index (χ3v) is 3.28. The van der Waals surface area contributed by atoms with Crippen molar-refractivity contribution < 1.29 is 9.59 Å². The van der Waals surface area contributed by atoms with E-state index < -0.39 is 5.92 Å². The lowest BCUT2D eigenvalue weighted by Crippen LogP contribution is -2.31. The van der Waals surface area contributed by atoms with E-state index in [2.05, 4.69) is 10.5 Å². The maximum atomic E-state index is 11.9. The average molecular weight is 267 g/mol. The van der Waals surface area contributed by atoms with Crippen LogP contribution in [0.5, 0.6) is 0 Å². The van der Waals surface area contributed by atoms with E-state index in [1.807, 2.05) is 0 Å². The number of nitroso groups, excluding NO2 is 1. The minimum Gasteiger partial charge on any atom is -0.296 e. The monoisotopic (exact) mass is 266 g/mol. The molecule has 1 unspecified atom stereocenters. The van der Waals surface area contributed by atoms with Gasteiger partial charge in [-0.25, -0.2) is 0 Å². The number of carbonyl (C=O) groups excluding carboxylic acids is 2. The Balaban J connectivity index is 2.37. The Labute approximate surface area is 108 Å². The lowest BCUT2D eigenvalue weighted by atomic mass is 9.93. The number of nitrogens with one attached hydrogen (secondary N) is 1. The highest BCUT2D eigenvalue weighted by atomic mass is 35.5. The molecule has 0 spiro atoms. The standard InChI is InChI=1S/C12H11ClN2O3/c13-10-5-4-7(15-18)6-9(10)8-2-1-3-11(16)14-12(8)17/h4-6,8H,1-3H2,(H,14,16,17). The number of carbonyl (C=O) groups is 2. The molecule has 0 aliphatic carbocycles. The molecule has 1 N–H and O–H groups in total. The summed E-state index contributed by atoms with van der Waals surface area (Å²) in [4.78, 5) is 33.6. The van der Waals surface area contributed by atoms with Gasteiger partial charge in [0.05, 0.1) is 5.92 Å². The molecule has 2 rings (SSSR count). The van der Waals surface area contributed by atoms with Crippen molar-refractivity contribution in [1.82, 2.24) is 5.32 Å². The van der Waals surface area contributed by atoms with Crippen LogP contribution in [-0.4, -0.2) is 11.8 Å². The van der Waals surface area contributed by atoms with Crippen LogP contribution < -0.4 is 5.32 Å². The Bertz CT molecular complexity index is 516. The maximum absolute atomic E-state index is 11.9. The molecule has 0 aromatic heterocycles. The predicted molar refractivity (Wildman–Crippen MR) is 66.6 cm³/mol. The zero-order valence-electron chi connectivity index (χ0n) is 9.48. The minimum absolute atomic E-state index is 0.220. The van der Waals surface area contributed by atoms with E-state index in [4.69, 9.17) is 11.6 Å². The first-order valence-electron chi connectivity index (χ1n) is 5.58. The Morgan fingerprint density at radius 2 is 2.11 bits per heavy atom. The van der Waals surface area contributed by atoms with Crippen molar-refractivity contribution in [2.45, 2.75) is 25.2 Å². The first-order chi connectivity index (χ1) is 8.61. The van der Waals surface area contributed by atoms with Crippen molar-refractivity contribution in [3.05, 3.63) is 33.7 Å². The van der Waals surface area contributed by atoms with E-state index in [0.29, 0.717) is 29.8 Å². The van der Waals surface area contributed by atoms with Gasteiger partial charge in [-0.1, -0.05) is 11.6 Å². The van der Waals surface area contributed by atoms with E-state index in [-0.39, 0.29) is 17.5 Å². The molecule has 1 heterocycles. The number of hydrogen-bond acceptors (Lipinski definition) is 4. The quantitative estimate of drug-likeness (QED) is 0.660. The zero-order valence-corrected chi connectivity index (χ0v) is 10.2. The zero-order chi connectivity index (χ0) is 13.1. The predicted octanol–water partition coefficient (Wildman–Crippen LogP) is 2.65. The summed E-state index contributed by atoms with van der Waals surface area (Å²) >= 11 is 6.03. The summed E-state index contributed by atoms with van der Waals surface area (Å²) in [6.45, 7) is 0. The summed E-state index contributed by atoms with van der Waals surface area (Å²) in [6.07, 6.45) is 1.46. The fraction of sp³-hybridized carbons (Fsp3) is 0.333. The minimum atomic E-state index is -0.509. The molecule has 18 heavy (non-hydrogen) atoms. The van der Waals surface area contributed by atoms with E-state index >= 15 is 0 Å². The number of amides is 2. The lowest BCUT2D eigenvalue weighted by molar-refractivity contribution is -0.130. The van der Waals surface area contributed by atoms with E-state index in [1.165, 1.54) is 18.2 Å². The van der Waals surface area contributed by atoms with Crippen LogP contribution >= 0.6 is 11.6 Å². The van der Waals surface area contributed by atoms with Gasteiger partial charge in [-0.2, -0.15) is 0 Å². The van der Waals surface area contributed by atoms with Gasteiger partial charge in [-0.15, -0.1) is 4.91 Å². The number of benzene rings is 1. The topological polar surface area (TPSA) is 75.6 Å². The van der Waals surface area contributed by atoms with Crippen molar-refractivity contribution in [3.8, 4) is 0 Å². The fourth-order valence-corrected chi connectivity index (χ4v) is 2.29. The van der Waals surface area contributed by atoms with Gasteiger partial charge in [0.1, 0.15) is 5.69 Å². The molecule has 1 aliphatic heterocycles. The molecule has 1 aromatic rings. The van der Waals surface area contributed by atoms with Gasteiger partial charge in [0, 0.05) is 11.4 Å². The number of nitrogens with zero attached hydrogens (tertiary/aromatic N) is 1. The highest BCUT2D eigenvalue weighted by Gasteiger charge is 2.27. The third-order valence-electron chi connectivity index (χ3n) is 2.94. The van der Waals surface area contributed by atoms with Crippen molar-refractivity contribution in [2.75, 3.05) is 0 Å². The number of halogens is 1. The molecule has 0 radical (unpaired) electrons. The van der Waals surface area contributed by atoms with Crippen LogP contribution in [0.2, 0.25) is 5.02 Å². The molecule has 1 aliphatic rings. The normalized spacial score (nSPS) is 20.2. The van der Waals surface area contributed by atoms with Crippen LogP contribution in [0, 0.1) is 4.91 Å². The van der Waals surface area contributed by atoms with Crippen molar-refractivity contribution in [1.29, 1.82) is 0 Å². The molecule has 6 heteroatoms. The molecule has 94 valence electrons. The second-order valence-corrected chi connectivity index (χ2v) is 4.56. The van der Waals surface area contributed by atoms with Gasteiger partial charge in [0.2, 0.25) is 11.8 Å². The van der Waals surface area contributed by atoms with E-state index in [1.54, 1.807) is 0 Å². The molecule has 5 nitrogen and oxygen atoms in total. The summed E-state index contributed by atoms with van der Waals surface area (Å²) in [5, 5.41) is 5.53. The molecule has 1 saturated heterocycles. The number of hydrogen-bond donors (Lipinski definition) is 1. The van der Waals surface area contributed by atoms with Crippen LogP contribution in [0.25, 0.3) is 0 Å². The Morgan fingerprint density at radius 1 is 1.33 bits per heavy atom. The van der Waals surface area contributed by atoms with Gasteiger partial charge in [-0.3, -0.25) is 14.9 Å². The highest BCUT2D eigenvalue weighted by molar-refractivity contribution is 6.31. The van der Waals surface area contributed by atoms with Crippen molar-refractivity contribution in [2.24, 2.45) is 5.18 Å². The summed E-state index contributed by atoms with van der Waals surface area (Å²) in [5.74, 6) is -1.16. The molecule has 0 saturated carbocycles. The Hall–Kier alpha value is -1.75. The van der Waals surface area contributed by atoms with Gasteiger partial charge in [0.15, 0.2) is 0 Å². The highest BCUT2D eigenvalue weighted by Crippen LogP contribution is 2.33. The van der Waals surface area contributed by atoms with E-state index in [9.17, 15) is 14.5 Å². The first-order valence-corrected chi connectivity index (χ1v) is 5.96. The van der Waals surface area contributed by atoms with Crippen molar-refractivity contribution >= 4 is 29.1 Å². The average Bonchev–Trinajstić information content (AvgIpc) is 2.51. The Kier molecular flexibility index (Phi) is 3.72. The van der Waals surface area contributed by atoms with Gasteiger partial charge >= 0.3 is 0 Å². The molecule has 1 aromatic carbocycles. The van der Waals surface area contributed by atoms with Crippen LogP contribution in [-0.2, 0) is 9.59 Å². The van der Waals surface area contributed by atoms with E-state index in [0.717, 1.165) is 0 Å². The van der Waals surface area contributed by atoms with Crippen LogP contribution in [0.3, 0.4) is 0 Å². The SMILES string of the molecule is O=Nc1ccc(Cl)c(C2CCCC(=O)NC2=O)c1. The fourth-order valence-electron chi connectivity index (χ4n) is 2.04. The molecule has 1 fully saturated rings.